The van der Waals surface area contributed by atoms with E-state index in [-0.39, 0.29) is 12.0 Å². The lowest BCUT2D eigenvalue weighted by Gasteiger charge is -2.47. The van der Waals surface area contributed by atoms with E-state index in [0.717, 1.165) is 19.5 Å². The summed E-state index contributed by atoms with van der Waals surface area (Å²) in [4.78, 5) is 2.21. The Hall–Kier alpha value is -0.290. The fraction of sp³-hybridized carbons (Fsp3) is 1.00. The molecule has 0 saturated carbocycles. The summed E-state index contributed by atoms with van der Waals surface area (Å²) in [6.45, 7) is 10.8. The van der Waals surface area contributed by atoms with Crippen LogP contribution in [0.4, 0.5) is 13.2 Å². The Kier molecular flexibility index (Phi) is 5.68. The summed E-state index contributed by atoms with van der Waals surface area (Å²) in [7, 11) is 0. The second-order valence-corrected chi connectivity index (χ2v) is 6.35. The van der Waals surface area contributed by atoms with Crippen LogP contribution in [-0.4, -0.2) is 42.3 Å². The molecule has 0 aromatic carbocycles. The zero-order valence-corrected chi connectivity index (χ0v) is 12.5. The van der Waals surface area contributed by atoms with E-state index in [0.29, 0.717) is 18.5 Å². The normalized spacial score (nSPS) is 26.4. The van der Waals surface area contributed by atoms with Crippen LogP contribution in [0.5, 0.6) is 0 Å². The number of hydrogen-bond acceptors (Lipinski definition) is 2. The number of nitrogens with zero attached hydrogens (tertiary/aromatic N) is 1. The maximum absolute atomic E-state index is 12.2. The lowest BCUT2D eigenvalue weighted by atomic mass is 9.90. The van der Waals surface area contributed by atoms with Gasteiger partial charge in [-0.2, -0.15) is 13.2 Å². The van der Waals surface area contributed by atoms with Gasteiger partial charge in [0.2, 0.25) is 0 Å². The van der Waals surface area contributed by atoms with Gasteiger partial charge in [-0.05, 0) is 32.7 Å². The molecule has 2 unspecified atom stereocenters. The maximum Gasteiger partial charge on any atom is 0.389 e. The van der Waals surface area contributed by atoms with Crippen molar-refractivity contribution in [2.24, 2.45) is 5.92 Å². The zero-order valence-electron chi connectivity index (χ0n) is 12.5. The lowest BCUT2D eigenvalue weighted by molar-refractivity contribution is -0.137. The van der Waals surface area contributed by atoms with Crippen molar-refractivity contribution in [3.63, 3.8) is 0 Å². The number of nitrogens with one attached hydrogen (secondary N) is 1. The molecule has 1 N–H and O–H groups in total. The predicted molar refractivity (Wildman–Crippen MR) is 72.2 cm³/mol. The van der Waals surface area contributed by atoms with Crippen molar-refractivity contribution in [2.75, 3.05) is 19.6 Å². The number of alkyl halides is 3. The van der Waals surface area contributed by atoms with Gasteiger partial charge in [0, 0.05) is 31.1 Å². The van der Waals surface area contributed by atoms with Crippen molar-refractivity contribution in [3.8, 4) is 0 Å². The van der Waals surface area contributed by atoms with Crippen molar-refractivity contribution in [1.82, 2.24) is 10.2 Å². The van der Waals surface area contributed by atoms with Crippen LogP contribution in [0.1, 0.15) is 47.0 Å². The summed E-state index contributed by atoms with van der Waals surface area (Å²) >= 11 is 0. The van der Waals surface area contributed by atoms with Gasteiger partial charge in [-0.1, -0.05) is 20.3 Å². The van der Waals surface area contributed by atoms with Crippen LogP contribution in [0.25, 0.3) is 0 Å². The van der Waals surface area contributed by atoms with Gasteiger partial charge in [0.15, 0.2) is 0 Å². The van der Waals surface area contributed by atoms with Gasteiger partial charge >= 0.3 is 6.18 Å². The Morgan fingerprint density at radius 1 is 1.37 bits per heavy atom. The van der Waals surface area contributed by atoms with Crippen LogP contribution in [-0.2, 0) is 0 Å². The molecule has 2 atom stereocenters. The number of hydrogen-bond donors (Lipinski definition) is 1. The minimum Gasteiger partial charge on any atom is -0.311 e. The van der Waals surface area contributed by atoms with E-state index in [9.17, 15) is 13.2 Å². The van der Waals surface area contributed by atoms with E-state index >= 15 is 0 Å². The molecule has 19 heavy (non-hydrogen) atoms. The fourth-order valence-electron chi connectivity index (χ4n) is 2.57. The van der Waals surface area contributed by atoms with Crippen molar-refractivity contribution < 1.29 is 13.2 Å². The molecule has 114 valence electrons. The summed E-state index contributed by atoms with van der Waals surface area (Å²) in [5.74, 6) is 0.557. The third-order valence-electron chi connectivity index (χ3n) is 4.29. The highest BCUT2D eigenvalue weighted by molar-refractivity contribution is 4.94. The SMILES string of the molecule is CCC(C)C1CN(CCCC(F)(F)F)C(C)(C)CN1. The first-order chi connectivity index (χ1) is 8.65. The highest BCUT2D eigenvalue weighted by Gasteiger charge is 2.36. The zero-order chi connectivity index (χ0) is 14.7. The standard InChI is InChI=1S/C14H27F3N2/c1-5-11(2)12-9-19(13(3,4)10-18-12)8-6-7-14(15,16)17/h11-12,18H,5-10H2,1-4H3. The monoisotopic (exact) mass is 280 g/mol. The van der Waals surface area contributed by atoms with Gasteiger partial charge in [0.1, 0.15) is 0 Å². The average Bonchev–Trinajstić information content (AvgIpc) is 2.28. The minimum atomic E-state index is -4.03. The second-order valence-electron chi connectivity index (χ2n) is 6.35. The van der Waals surface area contributed by atoms with Crippen molar-refractivity contribution in [1.29, 1.82) is 0 Å². The highest BCUT2D eigenvalue weighted by Crippen LogP contribution is 2.26. The Labute approximate surface area is 114 Å². The van der Waals surface area contributed by atoms with Crippen LogP contribution < -0.4 is 5.32 Å². The molecule has 1 saturated heterocycles. The average molecular weight is 280 g/mol. The molecule has 0 aliphatic carbocycles. The molecule has 0 spiro atoms. The summed E-state index contributed by atoms with van der Waals surface area (Å²) in [6, 6.07) is 0.393. The van der Waals surface area contributed by atoms with Crippen molar-refractivity contribution in [2.45, 2.75) is 64.7 Å². The third kappa shape index (κ3) is 5.30. The molecule has 0 aromatic rings. The maximum atomic E-state index is 12.2. The van der Waals surface area contributed by atoms with Crippen LogP contribution >= 0.6 is 0 Å². The predicted octanol–water partition coefficient (Wildman–Crippen LogP) is 3.43. The summed E-state index contributed by atoms with van der Waals surface area (Å²) in [5.41, 5.74) is -0.0600. The number of rotatable bonds is 5. The molecule has 5 heteroatoms. The lowest BCUT2D eigenvalue weighted by Crippen LogP contribution is -2.63. The summed E-state index contributed by atoms with van der Waals surface area (Å²) in [5, 5.41) is 3.53. The Bertz CT molecular complexity index is 276. The van der Waals surface area contributed by atoms with Crippen molar-refractivity contribution >= 4 is 0 Å². The molecule has 1 aliphatic rings. The molecule has 0 aromatic heterocycles. The van der Waals surface area contributed by atoms with Gasteiger partial charge in [0.25, 0.3) is 0 Å². The molecule has 0 amide bonds. The summed E-state index contributed by atoms with van der Waals surface area (Å²) in [6.07, 6.45) is -3.43. The number of piperazine rings is 1. The third-order valence-corrected chi connectivity index (χ3v) is 4.29. The first-order valence-corrected chi connectivity index (χ1v) is 7.21. The van der Waals surface area contributed by atoms with Gasteiger partial charge in [0.05, 0.1) is 0 Å². The van der Waals surface area contributed by atoms with E-state index in [4.69, 9.17) is 0 Å². The molecule has 1 heterocycles. The molecule has 0 radical (unpaired) electrons. The topological polar surface area (TPSA) is 15.3 Å². The Balaban J connectivity index is 2.51. The van der Waals surface area contributed by atoms with Crippen LogP contribution in [0.3, 0.4) is 0 Å². The van der Waals surface area contributed by atoms with Gasteiger partial charge in [-0.3, -0.25) is 4.90 Å². The molecular weight excluding hydrogens is 253 g/mol. The fourth-order valence-corrected chi connectivity index (χ4v) is 2.57. The van der Waals surface area contributed by atoms with E-state index in [1.165, 1.54) is 0 Å². The Morgan fingerprint density at radius 2 is 2.00 bits per heavy atom. The minimum absolute atomic E-state index is 0.0600. The smallest absolute Gasteiger partial charge is 0.311 e. The van der Waals surface area contributed by atoms with E-state index in [1.807, 2.05) is 0 Å². The molecule has 1 fully saturated rings. The highest BCUT2D eigenvalue weighted by atomic mass is 19.4. The second kappa shape index (κ2) is 6.44. The summed E-state index contributed by atoms with van der Waals surface area (Å²) < 4.78 is 36.7. The first kappa shape index (κ1) is 16.8. The quantitative estimate of drug-likeness (QED) is 0.830. The van der Waals surface area contributed by atoms with E-state index < -0.39 is 12.6 Å². The van der Waals surface area contributed by atoms with Crippen molar-refractivity contribution in [3.05, 3.63) is 0 Å². The van der Waals surface area contributed by atoms with E-state index in [2.05, 4.69) is 37.9 Å². The van der Waals surface area contributed by atoms with Gasteiger partial charge in [-0.15, -0.1) is 0 Å². The Morgan fingerprint density at radius 3 is 2.53 bits per heavy atom. The molecule has 0 bridgehead atoms. The molecule has 2 nitrogen and oxygen atoms in total. The number of halogens is 3. The molecule has 1 aliphatic heterocycles. The van der Waals surface area contributed by atoms with Crippen LogP contribution in [0.2, 0.25) is 0 Å². The first-order valence-electron chi connectivity index (χ1n) is 7.21. The van der Waals surface area contributed by atoms with Crippen LogP contribution in [0.15, 0.2) is 0 Å². The van der Waals surface area contributed by atoms with Gasteiger partial charge in [-0.25, -0.2) is 0 Å². The largest absolute Gasteiger partial charge is 0.389 e. The molecular formula is C14H27F3N2. The van der Waals surface area contributed by atoms with Crippen LogP contribution in [0, 0.1) is 5.92 Å². The van der Waals surface area contributed by atoms with Gasteiger partial charge < -0.3 is 5.32 Å². The van der Waals surface area contributed by atoms with E-state index in [1.54, 1.807) is 0 Å². The molecule has 1 rings (SSSR count).